The Hall–Kier alpha value is -2.47. The maximum atomic E-state index is 12.0. The van der Waals surface area contributed by atoms with E-state index < -0.39 is 5.97 Å². The number of nitrogens with zero attached hydrogens (tertiary/aromatic N) is 1. The highest BCUT2D eigenvalue weighted by Gasteiger charge is 2.07. The van der Waals surface area contributed by atoms with Gasteiger partial charge in [0.05, 0.1) is 6.54 Å². The first-order chi connectivity index (χ1) is 10.0. The summed E-state index contributed by atoms with van der Waals surface area (Å²) in [7, 11) is 0. The molecule has 5 nitrogen and oxygen atoms in total. The van der Waals surface area contributed by atoms with Crippen LogP contribution in [0.4, 0.5) is 0 Å². The van der Waals surface area contributed by atoms with Crippen molar-refractivity contribution in [3.8, 4) is 0 Å². The van der Waals surface area contributed by atoms with Crippen LogP contribution >= 0.6 is 11.3 Å². The molecule has 2 N–H and O–H groups in total. The van der Waals surface area contributed by atoms with Crippen LogP contribution in [0, 0.1) is 6.92 Å². The number of aromatic nitrogens is 1. The van der Waals surface area contributed by atoms with Crippen molar-refractivity contribution in [3.05, 3.63) is 57.6 Å². The van der Waals surface area contributed by atoms with Gasteiger partial charge in [-0.05, 0) is 30.7 Å². The number of amides is 1. The van der Waals surface area contributed by atoms with Gasteiger partial charge in [-0.25, -0.2) is 9.78 Å². The van der Waals surface area contributed by atoms with Crippen LogP contribution in [-0.4, -0.2) is 22.0 Å². The average molecular weight is 302 g/mol. The molecule has 0 spiro atoms. The van der Waals surface area contributed by atoms with Crippen molar-refractivity contribution in [3.63, 3.8) is 0 Å². The summed E-state index contributed by atoms with van der Waals surface area (Å²) in [6.45, 7) is 2.28. The van der Waals surface area contributed by atoms with Crippen molar-refractivity contribution in [2.75, 3.05) is 0 Å². The van der Waals surface area contributed by atoms with E-state index in [1.807, 2.05) is 12.3 Å². The lowest BCUT2D eigenvalue weighted by Gasteiger charge is -2.04. The van der Waals surface area contributed by atoms with Crippen molar-refractivity contribution in [1.29, 1.82) is 0 Å². The van der Waals surface area contributed by atoms with Crippen LogP contribution in [0.2, 0.25) is 0 Å². The van der Waals surface area contributed by atoms with E-state index in [4.69, 9.17) is 5.11 Å². The molecule has 2 rings (SSSR count). The number of benzene rings is 1. The van der Waals surface area contributed by atoms with E-state index >= 15 is 0 Å². The van der Waals surface area contributed by atoms with E-state index in [-0.39, 0.29) is 5.91 Å². The quantitative estimate of drug-likeness (QED) is 0.832. The second kappa shape index (κ2) is 6.81. The van der Waals surface area contributed by atoms with Gasteiger partial charge >= 0.3 is 5.97 Å². The van der Waals surface area contributed by atoms with E-state index in [1.165, 1.54) is 17.4 Å². The Labute approximate surface area is 126 Å². The number of aryl methyl sites for hydroxylation is 1. The molecule has 2 aromatic rings. The Balaban J connectivity index is 2.02. The fourth-order valence-electron chi connectivity index (χ4n) is 1.69. The second-order valence-electron chi connectivity index (χ2n) is 4.36. The van der Waals surface area contributed by atoms with E-state index in [2.05, 4.69) is 10.3 Å². The van der Waals surface area contributed by atoms with Crippen molar-refractivity contribution in [1.82, 2.24) is 10.3 Å². The van der Waals surface area contributed by atoms with Gasteiger partial charge in [-0.1, -0.05) is 12.1 Å². The third kappa shape index (κ3) is 4.54. The molecule has 0 unspecified atom stereocenters. The van der Waals surface area contributed by atoms with Crippen LogP contribution in [0.3, 0.4) is 0 Å². The zero-order valence-corrected chi connectivity index (χ0v) is 12.2. The Morgan fingerprint density at radius 2 is 2.24 bits per heavy atom. The first-order valence-electron chi connectivity index (χ1n) is 6.25. The predicted molar refractivity (Wildman–Crippen MR) is 81.1 cm³/mol. The molecule has 0 atom stereocenters. The van der Waals surface area contributed by atoms with Gasteiger partial charge in [-0.2, -0.15) is 0 Å². The highest BCUT2D eigenvalue weighted by atomic mass is 32.1. The molecule has 1 heterocycles. The predicted octanol–water partition coefficient (Wildman–Crippen LogP) is 2.48. The van der Waals surface area contributed by atoms with Gasteiger partial charge < -0.3 is 10.4 Å². The fraction of sp³-hybridized carbons (Fsp3) is 0.133. The normalized spacial score (nSPS) is 10.7. The minimum Gasteiger partial charge on any atom is -0.478 e. The minimum absolute atomic E-state index is 0.214. The molecule has 0 bridgehead atoms. The summed E-state index contributed by atoms with van der Waals surface area (Å²) in [5.41, 5.74) is 2.08. The molecule has 21 heavy (non-hydrogen) atoms. The Morgan fingerprint density at radius 1 is 1.43 bits per heavy atom. The lowest BCUT2D eigenvalue weighted by molar-refractivity contribution is -0.131. The van der Waals surface area contributed by atoms with Crippen LogP contribution in [0.25, 0.3) is 6.08 Å². The van der Waals surface area contributed by atoms with E-state index in [0.29, 0.717) is 17.7 Å². The number of carboxylic acids is 1. The van der Waals surface area contributed by atoms with Gasteiger partial charge in [-0.15, -0.1) is 11.3 Å². The van der Waals surface area contributed by atoms with Crippen molar-refractivity contribution < 1.29 is 14.7 Å². The SMILES string of the molecule is Cc1csc(CNC(=O)c2cccc(C=CC(=O)O)c2)n1. The lowest BCUT2D eigenvalue weighted by Crippen LogP contribution is -2.22. The van der Waals surface area contributed by atoms with Crippen molar-refractivity contribution in [2.45, 2.75) is 13.5 Å². The summed E-state index contributed by atoms with van der Waals surface area (Å²) in [6.07, 6.45) is 2.48. The molecule has 6 heteroatoms. The number of nitrogens with one attached hydrogen (secondary N) is 1. The summed E-state index contributed by atoms with van der Waals surface area (Å²) >= 11 is 1.50. The third-order valence-electron chi connectivity index (χ3n) is 2.63. The number of carboxylic acid groups (broad SMARTS) is 1. The van der Waals surface area contributed by atoms with E-state index in [1.54, 1.807) is 24.3 Å². The fourth-order valence-corrected chi connectivity index (χ4v) is 2.40. The monoisotopic (exact) mass is 302 g/mol. The second-order valence-corrected chi connectivity index (χ2v) is 5.30. The summed E-state index contributed by atoms with van der Waals surface area (Å²) in [6, 6.07) is 6.77. The third-order valence-corrected chi connectivity index (χ3v) is 3.60. The standard InChI is InChI=1S/C15H14N2O3S/c1-10-9-21-13(17-10)8-16-15(20)12-4-2-3-11(7-12)5-6-14(18)19/h2-7,9H,8H2,1H3,(H,16,20)(H,18,19). The molecule has 1 aromatic heterocycles. The molecule has 0 radical (unpaired) electrons. The molecule has 0 fully saturated rings. The highest BCUT2D eigenvalue weighted by molar-refractivity contribution is 7.09. The van der Waals surface area contributed by atoms with Crippen molar-refractivity contribution in [2.24, 2.45) is 0 Å². The number of carbonyl (C=O) groups is 2. The smallest absolute Gasteiger partial charge is 0.328 e. The molecule has 1 aromatic carbocycles. The number of hydrogen-bond acceptors (Lipinski definition) is 4. The van der Waals surface area contributed by atoms with Gasteiger partial charge in [0, 0.05) is 22.7 Å². The molecule has 0 aliphatic carbocycles. The molecule has 0 saturated heterocycles. The maximum absolute atomic E-state index is 12.0. The summed E-state index contributed by atoms with van der Waals surface area (Å²) in [5, 5.41) is 14.2. The number of hydrogen-bond donors (Lipinski definition) is 2. The van der Waals surface area contributed by atoms with Crippen molar-refractivity contribution >= 4 is 29.3 Å². The molecule has 0 aliphatic rings. The van der Waals surface area contributed by atoms with Gasteiger partial charge in [0.1, 0.15) is 5.01 Å². The van der Waals surface area contributed by atoms with Gasteiger partial charge in [0.2, 0.25) is 0 Å². The summed E-state index contributed by atoms with van der Waals surface area (Å²) in [4.78, 5) is 26.8. The lowest BCUT2D eigenvalue weighted by atomic mass is 10.1. The van der Waals surface area contributed by atoms with E-state index in [0.717, 1.165) is 16.8 Å². The van der Waals surface area contributed by atoms with Crippen LogP contribution in [0.1, 0.15) is 26.6 Å². The molecule has 0 aliphatic heterocycles. The zero-order valence-electron chi connectivity index (χ0n) is 11.4. The van der Waals surface area contributed by atoms with Crippen LogP contribution in [0.15, 0.2) is 35.7 Å². The number of carbonyl (C=O) groups excluding carboxylic acids is 1. The largest absolute Gasteiger partial charge is 0.478 e. The topological polar surface area (TPSA) is 79.3 Å². The highest BCUT2D eigenvalue weighted by Crippen LogP contribution is 2.10. The number of thiazole rings is 1. The molecule has 1 amide bonds. The molecular weight excluding hydrogens is 288 g/mol. The van der Waals surface area contributed by atoms with E-state index in [9.17, 15) is 9.59 Å². The van der Waals surface area contributed by atoms with Crippen LogP contribution < -0.4 is 5.32 Å². The molecule has 108 valence electrons. The Bertz CT molecular complexity index is 692. The number of rotatable bonds is 5. The Kier molecular flexibility index (Phi) is 4.84. The first-order valence-corrected chi connectivity index (χ1v) is 7.13. The van der Waals surface area contributed by atoms with Gasteiger partial charge in [0.15, 0.2) is 0 Å². The maximum Gasteiger partial charge on any atom is 0.328 e. The first kappa shape index (κ1) is 14.9. The average Bonchev–Trinajstić information content (AvgIpc) is 2.88. The van der Waals surface area contributed by atoms with Crippen LogP contribution in [0.5, 0.6) is 0 Å². The molecular formula is C15H14N2O3S. The minimum atomic E-state index is -1.02. The Morgan fingerprint density at radius 3 is 2.90 bits per heavy atom. The zero-order chi connectivity index (χ0) is 15.2. The summed E-state index contributed by atoms with van der Waals surface area (Å²) in [5.74, 6) is -1.24. The van der Waals surface area contributed by atoms with Crippen LogP contribution in [-0.2, 0) is 11.3 Å². The summed E-state index contributed by atoms with van der Waals surface area (Å²) < 4.78 is 0. The molecule has 0 saturated carbocycles. The van der Waals surface area contributed by atoms with Gasteiger partial charge in [-0.3, -0.25) is 4.79 Å². The number of aliphatic carboxylic acids is 1. The van der Waals surface area contributed by atoms with Gasteiger partial charge in [0.25, 0.3) is 5.91 Å².